The van der Waals surface area contributed by atoms with Crippen molar-refractivity contribution in [1.29, 1.82) is 0 Å². The second-order valence-corrected chi connectivity index (χ2v) is 19.8. The fourth-order valence-electron chi connectivity index (χ4n) is 10.9. The third-order valence-corrected chi connectivity index (χ3v) is 14.8. The summed E-state index contributed by atoms with van der Waals surface area (Å²) in [5.74, 6) is 0. The number of hydrogen-bond donors (Lipinski definition) is 0. The number of hydrogen-bond acceptors (Lipinski definition) is 2. The monoisotopic (exact) mass is 1220 g/mol. The van der Waals surface area contributed by atoms with Crippen molar-refractivity contribution in [3.63, 3.8) is 0 Å². The minimum Gasteiger partial charge on any atom is -0.456 e. The minimum absolute atomic E-state index is 0.473. The Hall–Kier alpha value is -12.1. The Labute approximate surface area is 610 Å². The van der Waals surface area contributed by atoms with E-state index in [0.29, 0.717) is 0 Å². The topological polar surface area (TPSA) is 26.3 Å². The van der Waals surface area contributed by atoms with Gasteiger partial charge in [0.05, 0.1) is 76.8 Å². The molecule has 2 heteroatoms. The summed E-state index contributed by atoms with van der Waals surface area (Å²) in [5, 5.41) is -10.1. The van der Waals surface area contributed by atoms with E-state index in [2.05, 4.69) is 0 Å². The van der Waals surface area contributed by atoms with Crippen LogP contribution in [0.15, 0.2) is 347 Å². The molecule has 0 unspecified atom stereocenters. The summed E-state index contributed by atoms with van der Waals surface area (Å²) in [6, 6.07) is -52.6. The first-order valence-electron chi connectivity index (χ1n) is 55.1. The number of benzene rings is 17. The summed E-state index contributed by atoms with van der Waals surface area (Å²) in [7, 11) is 0. The van der Waals surface area contributed by atoms with Crippen LogP contribution in [0.2, 0.25) is 0 Å². The van der Waals surface area contributed by atoms with Crippen molar-refractivity contribution in [2.24, 2.45) is 0 Å². The van der Waals surface area contributed by atoms with Crippen LogP contribution in [0.25, 0.3) is 186 Å². The first kappa shape index (κ1) is 21.3. The summed E-state index contributed by atoms with van der Waals surface area (Å²) >= 11 is 0. The summed E-state index contributed by atoms with van der Waals surface area (Å²) < 4.78 is 513. The van der Waals surface area contributed by atoms with E-state index in [1.807, 2.05) is 0 Å². The molecule has 0 bridgehead atoms. The van der Waals surface area contributed by atoms with E-state index in [4.69, 9.17) is 59.6 Å². The van der Waals surface area contributed by atoms with E-state index >= 15 is 0 Å². The molecule has 0 saturated carbocycles. The Balaban J connectivity index is 0.000000195. The second kappa shape index (κ2) is 21.9. The van der Waals surface area contributed by atoms with Gasteiger partial charge in [-0.1, -0.05) is 296 Å². The molecule has 0 atom stereocenters. The molecular formula is C90H56O2. The maximum absolute atomic E-state index is 9.61. The zero-order chi connectivity index (χ0) is 109. The summed E-state index contributed by atoms with van der Waals surface area (Å²) in [6.07, 6.45) is 0. The molecule has 19 rings (SSSR count). The van der Waals surface area contributed by atoms with E-state index in [1.165, 1.54) is 0 Å². The SMILES string of the molecule is [2H]c1c([2H])c([2H])c(-c2c([2H])c([2H])c(-c3c([2H])c([2H])c(-c4c5c([2H])c([2H])c([2H])c([2H])c5c(-c5c([2H])c([2H])c([2H])c6oc7c([2H])c8c([2H])c([2H])c([2H])c([2H])c8c([2H])c7c56)c5c([2H])c([2H])c([2H])c([2H])c45)c([2H])c3[2H])c([2H])c2[2H])c([2H])c1[2H].[2H]c1c([2H])c([2H])c(-c2c([2H])c([2H])c([2H])c(-c3c4c([2H])c([2H])c([2H])c([2H])c4c(-c4c([2H])c([2H])c([2H])c5oc6c([2H])c7c([2H])c([2H])c([2H])c([2H])c7c([2H])c6c45)c4c([2H])c([2H])c([2H])c([2H])c34)c2[2H])c([2H])c1[2H]. The van der Waals surface area contributed by atoms with E-state index in [0.717, 1.165) is 0 Å². The lowest BCUT2D eigenvalue weighted by molar-refractivity contribution is 0.669. The molecule has 0 aliphatic rings. The lowest BCUT2D eigenvalue weighted by atomic mass is 9.84. The highest BCUT2D eigenvalue weighted by Crippen LogP contribution is 2.50. The van der Waals surface area contributed by atoms with Gasteiger partial charge in [0.2, 0.25) is 0 Å². The molecule has 2 heterocycles. The highest BCUT2D eigenvalue weighted by molar-refractivity contribution is 6.28. The molecule has 0 aliphatic carbocycles. The summed E-state index contributed by atoms with van der Waals surface area (Å²) in [6.45, 7) is 0. The normalized spacial score (nSPS) is 20.2. The second-order valence-electron chi connectivity index (χ2n) is 19.8. The molecule has 17 aromatic carbocycles. The maximum Gasteiger partial charge on any atom is 0.136 e. The van der Waals surface area contributed by atoms with Crippen molar-refractivity contribution in [3.8, 4) is 77.9 Å². The predicted molar refractivity (Wildman–Crippen MR) is 391 cm³/mol. The standard InChI is InChI=1S/C48H30O.C42H26O/c1-2-11-31(12-3-1)32-21-23-33(24-22-32)34-25-27-35(28-26-34)46-38-15-6-8-17-40(38)47(41-18-9-7-16-39(41)46)42-19-10-20-44-48(42)43-29-36-13-4-5-14-37(36)30-45(43)49-44;1-2-12-27(13-3-1)28-16-10-17-31(24-28)40-32-18-6-8-20-34(32)41(35-21-9-7-19-33(35)40)36-22-11-23-38-42(36)37-25-29-14-4-5-15-30(29)26-39(37)43-38/h1-30H;1-26H/i1D,2D,3D,4D,5D,6D,7D,8D,9D,10D,11D,12D,13D,14D,15D,16D,17D,18D,19D,20D,21D,22D,23D,24D,25D,26D,27D,28D,29D,30D;1D,2D,3D,4D,5D,6D,7D,8D,9D,10D,11D,12D,13D,14D,15D,16D,17D,18D,19D,20D,21D,22D,23D,24D,25D,26D. The fraction of sp³-hybridized carbons (Fsp3) is 0. The third-order valence-electron chi connectivity index (χ3n) is 14.8. The minimum atomic E-state index is -1.15. The smallest absolute Gasteiger partial charge is 0.136 e. The molecule has 2 aromatic heterocycles. The van der Waals surface area contributed by atoms with Crippen LogP contribution < -0.4 is 0 Å². The molecule has 0 N–H and O–H groups in total. The lowest BCUT2D eigenvalue weighted by Gasteiger charge is -2.18. The molecule has 0 fully saturated rings. The van der Waals surface area contributed by atoms with Gasteiger partial charge >= 0.3 is 0 Å². The molecule has 0 saturated heterocycles. The summed E-state index contributed by atoms with van der Waals surface area (Å²) in [4.78, 5) is 0. The van der Waals surface area contributed by atoms with Crippen LogP contribution in [-0.4, -0.2) is 0 Å². The van der Waals surface area contributed by atoms with Crippen LogP contribution in [0.1, 0.15) is 76.8 Å². The Morgan fingerprint density at radius 2 is 0.457 bits per heavy atom. The Morgan fingerprint density at radius 1 is 0.174 bits per heavy atom. The molecule has 0 aliphatic heterocycles. The van der Waals surface area contributed by atoms with Gasteiger partial charge in [-0.2, -0.15) is 0 Å². The number of rotatable bonds is 7. The molecule has 428 valence electrons. The predicted octanol–water partition coefficient (Wildman–Crippen LogP) is 25.8. The van der Waals surface area contributed by atoms with Crippen LogP contribution >= 0.6 is 0 Å². The quantitative estimate of drug-likeness (QED) is 0.149. The zero-order valence-electron chi connectivity index (χ0n) is 102. The Morgan fingerprint density at radius 3 is 0.859 bits per heavy atom. The van der Waals surface area contributed by atoms with Gasteiger partial charge in [0.15, 0.2) is 0 Å². The van der Waals surface area contributed by atoms with Crippen molar-refractivity contribution in [2.75, 3.05) is 0 Å². The van der Waals surface area contributed by atoms with Crippen molar-refractivity contribution in [1.82, 2.24) is 0 Å². The fourth-order valence-corrected chi connectivity index (χ4v) is 10.9. The maximum atomic E-state index is 9.61. The lowest BCUT2D eigenvalue weighted by Crippen LogP contribution is -1.91. The van der Waals surface area contributed by atoms with E-state index in [9.17, 15) is 26.0 Å². The largest absolute Gasteiger partial charge is 0.456 e. The highest BCUT2D eigenvalue weighted by atomic mass is 16.3. The average Bonchev–Trinajstić information content (AvgIpc) is 1.34. The Bertz CT molecular complexity index is 9370. The van der Waals surface area contributed by atoms with Crippen LogP contribution in [0.5, 0.6) is 0 Å². The van der Waals surface area contributed by atoms with E-state index in [-0.39, 0.29) is 0 Å². The van der Waals surface area contributed by atoms with E-state index in [1.54, 1.807) is 0 Å². The zero-order valence-corrected chi connectivity index (χ0v) is 45.8. The molecular weight excluding hydrogens is 1110 g/mol. The van der Waals surface area contributed by atoms with Crippen LogP contribution in [-0.2, 0) is 0 Å². The molecule has 0 radical (unpaired) electrons. The van der Waals surface area contributed by atoms with Crippen LogP contribution in [0.3, 0.4) is 0 Å². The van der Waals surface area contributed by atoms with Crippen LogP contribution in [0.4, 0.5) is 0 Å². The van der Waals surface area contributed by atoms with Gasteiger partial charge in [-0.3, -0.25) is 0 Å². The van der Waals surface area contributed by atoms with Gasteiger partial charge in [0.1, 0.15) is 22.3 Å². The van der Waals surface area contributed by atoms with Gasteiger partial charge in [0.25, 0.3) is 0 Å². The Kier molecular flexibility index (Phi) is 5.06. The van der Waals surface area contributed by atoms with Crippen LogP contribution in [0, 0.1) is 0 Å². The van der Waals surface area contributed by atoms with Gasteiger partial charge in [-0.25, -0.2) is 0 Å². The number of fused-ring (bicyclic) bond motifs is 12. The molecule has 2 nitrogen and oxygen atoms in total. The van der Waals surface area contributed by atoms with Crippen molar-refractivity contribution < 1.29 is 85.6 Å². The third kappa shape index (κ3) is 8.87. The first-order valence-corrected chi connectivity index (χ1v) is 27.1. The van der Waals surface area contributed by atoms with Crippen molar-refractivity contribution in [2.45, 2.75) is 0 Å². The molecule has 92 heavy (non-hydrogen) atoms. The van der Waals surface area contributed by atoms with Crippen molar-refractivity contribution >= 4 is 109 Å². The summed E-state index contributed by atoms with van der Waals surface area (Å²) in [5.41, 5.74) is -13.5. The van der Waals surface area contributed by atoms with Crippen molar-refractivity contribution in [3.05, 3.63) is 338 Å². The molecule has 19 aromatic rings. The van der Waals surface area contributed by atoms with Gasteiger partial charge < -0.3 is 8.83 Å². The molecule has 0 spiro atoms. The highest BCUT2D eigenvalue weighted by Gasteiger charge is 2.23. The van der Waals surface area contributed by atoms with Gasteiger partial charge in [-0.05, 0) is 185 Å². The van der Waals surface area contributed by atoms with E-state index < -0.39 is 525 Å². The first-order chi connectivity index (χ1) is 69.0. The molecule has 0 amide bonds. The number of furan rings is 2. The average molecular weight is 1230 g/mol. The van der Waals surface area contributed by atoms with Gasteiger partial charge in [0, 0.05) is 21.5 Å². The van der Waals surface area contributed by atoms with Gasteiger partial charge in [-0.15, -0.1) is 0 Å².